The van der Waals surface area contributed by atoms with E-state index in [0.29, 0.717) is 32.8 Å². The number of Topliss-reactive ketones (excluding diaryl/α,β-unsaturated/α-hetero) is 1. The molecule has 0 aliphatic carbocycles. The number of hydrogen-bond acceptors (Lipinski definition) is 7. The Kier molecular flexibility index (Phi) is 5.99. The fourth-order valence-corrected chi connectivity index (χ4v) is 4.44. The number of halogens is 1. The van der Waals surface area contributed by atoms with E-state index in [1.54, 1.807) is 42.5 Å². The molecule has 1 aliphatic rings. The van der Waals surface area contributed by atoms with E-state index >= 15 is 0 Å². The molecule has 1 atom stereocenters. The number of nitriles is 1. The number of furan rings is 1. The number of anilines is 1. The molecule has 5 rings (SSSR count). The van der Waals surface area contributed by atoms with Gasteiger partial charge >= 0.3 is 5.97 Å². The molecule has 182 valence electrons. The number of esters is 1. The van der Waals surface area contributed by atoms with Gasteiger partial charge in [0.2, 0.25) is 5.78 Å². The lowest BCUT2D eigenvalue weighted by atomic mass is 9.94. The van der Waals surface area contributed by atoms with Crippen molar-refractivity contribution in [3.05, 3.63) is 106 Å². The fraction of sp³-hybridized carbons (Fsp3) is 0.0714. The third-order valence-corrected chi connectivity index (χ3v) is 6.12. The second-order valence-electron chi connectivity index (χ2n) is 8.28. The molecule has 0 bridgehead atoms. The molecular formula is C28H17ClN2O6. The van der Waals surface area contributed by atoms with Crippen LogP contribution in [0.5, 0.6) is 5.75 Å². The monoisotopic (exact) mass is 512 g/mol. The van der Waals surface area contributed by atoms with Crippen molar-refractivity contribution in [3.63, 3.8) is 0 Å². The number of nitrogens with zero attached hydrogens (tertiary/aromatic N) is 2. The van der Waals surface area contributed by atoms with Crippen LogP contribution in [0.25, 0.3) is 11.0 Å². The maximum Gasteiger partial charge on any atom is 0.308 e. The number of benzene rings is 3. The SMILES string of the molecule is CC(=O)Oc1ccc(C2C(C(=O)c3cc4cc(Cl)ccc4o3)=C(O)C(=O)N2c2ccc(C#N)cc2)cc1. The predicted molar refractivity (Wildman–Crippen MR) is 134 cm³/mol. The van der Waals surface area contributed by atoms with Gasteiger partial charge in [-0.1, -0.05) is 23.7 Å². The first-order valence-corrected chi connectivity index (χ1v) is 11.4. The largest absolute Gasteiger partial charge is 0.503 e. The van der Waals surface area contributed by atoms with Crippen LogP contribution in [0.1, 0.15) is 34.6 Å². The van der Waals surface area contributed by atoms with Crippen LogP contribution in [0.3, 0.4) is 0 Å². The van der Waals surface area contributed by atoms with Gasteiger partial charge in [-0.25, -0.2) is 0 Å². The molecule has 1 amide bonds. The van der Waals surface area contributed by atoms with E-state index in [4.69, 9.17) is 26.0 Å². The summed E-state index contributed by atoms with van der Waals surface area (Å²) < 4.78 is 10.8. The van der Waals surface area contributed by atoms with Crippen molar-refractivity contribution in [1.82, 2.24) is 0 Å². The molecule has 1 aromatic heterocycles. The normalized spacial score (nSPS) is 15.2. The van der Waals surface area contributed by atoms with Crippen LogP contribution in [-0.4, -0.2) is 22.8 Å². The standard InChI is InChI=1S/C28H17ClN2O6/c1-15(32)36-21-9-4-17(5-10-21)25-24(26(33)23-13-18-12-19(29)6-11-22(18)37-23)27(34)28(35)31(25)20-7-2-16(14-30)3-8-20/h2-13,25,34H,1H3. The van der Waals surface area contributed by atoms with Gasteiger partial charge in [0, 0.05) is 23.0 Å². The van der Waals surface area contributed by atoms with Gasteiger partial charge in [-0.2, -0.15) is 5.26 Å². The molecule has 0 saturated carbocycles. The third kappa shape index (κ3) is 4.33. The van der Waals surface area contributed by atoms with Crippen LogP contribution >= 0.6 is 11.6 Å². The summed E-state index contributed by atoms with van der Waals surface area (Å²) >= 11 is 6.05. The third-order valence-electron chi connectivity index (χ3n) is 5.89. The van der Waals surface area contributed by atoms with Gasteiger partial charge in [-0.3, -0.25) is 19.3 Å². The van der Waals surface area contributed by atoms with Gasteiger partial charge in [0.05, 0.1) is 23.2 Å². The lowest BCUT2D eigenvalue weighted by molar-refractivity contribution is -0.131. The van der Waals surface area contributed by atoms with Crippen LogP contribution in [-0.2, 0) is 9.59 Å². The highest BCUT2D eigenvalue weighted by Gasteiger charge is 2.45. The van der Waals surface area contributed by atoms with Crippen molar-refractivity contribution in [2.75, 3.05) is 4.90 Å². The summed E-state index contributed by atoms with van der Waals surface area (Å²) in [4.78, 5) is 39.6. The second kappa shape index (κ2) is 9.30. The minimum absolute atomic E-state index is 0.0742. The van der Waals surface area contributed by atoms with E-state index in [9.17, 15) is 19.5 Å². The minimum Gasteiger partial charge on any atom is -0.503 e. The number of ether oxygens (including phenoxy) is 1. The Labute approximate surface area is 215 Å². The number of aliphatic hydroxyl groups is 1. The predicted octanol–water partition coefficient (Wildman–Crippen LogP) is 5.67. The van der Waals surface area contributed by atoms with Crippen molar-refractivity contribution in [1.29, 1.82) is 5.26 Å². The number of rotatable bonds is 5. The molecule has 2 heterocycles. The van der Waals surface area contributed by atoms with Crippen LogP contribution in [0.4, 0.5) is 5.69 Å². The van der Waals surface area contributed by atoms with E-state index in [0.717, 1.165) is 0 Å². The van der Waals surface area contributed by atoms with Gasteiger partial charge in [-0.05, 0) is 66.2 Å². The molecule has 4 aromatic rings. The molecule has 3 aromatic carbocycles. The van der Waals surface area contributed by atoms with E-state index in [1.165, 1.54) is 42.2 Å². The number of carbonyl (C=O) groups is 3. The Morgan fingerprint density at radius 3 is 2.41 bits per heavy atom. The number of ketones is 1. The highest BCUT2D eigenvalue weighted by Crippen LogP contribution is 2.42. The maximum atomic E-state index is 13.7. The van der Waals surface area contributed by atoms with E-state index < -0.39 is 29.5 Å². The lowest BCUT2D eigenvalue weighted by Crippen LogP contribution is -2.31. The highest BCUT2D eigenvalue weighted by atomic mass is 35.5. The zero-order valence-electron chi connectivity index (χ0n) is 19.3. The number of carbonyl (C=O) groups excluding carboxylic acids is 3. The Morgan fingerprint density at radius 2 is 1.76 bits per heavy atom. The Bertz CT molecular complexity index is 1650. The number of amides is 1. The zero-order chi connectivity index (χ0) is 26.3. The van der Waals surface area contributed by atoms with Crippen molar-refractivity contribution in [2.45, 2.75) is 13.0 Å². The average Bonchev–Trinajstić information content (AvgIpc) is 3.42. The molecule has 0 fully saturated rings. The van der Waals surface area contributed by atoms with Crippen molar-refractivity contribution in [2.24, 2.45) is 0 Å². The first kappa shape index (κ1) is 23.9. The summed E-state index contributed by atoms with van der Waals surface area (Å²) in [5, 5.41) is 21.1. The molecule has 0 spiro atoms. The Hall–Kier alpha value is -4.87. The molecule has 9 heteroatoms. The molecule has 1 aliphatic heterocycles. The van der Waals surface area contributed by atoms with Gasteiger partial charge in [0.1, 0.15) is 11.3 Å². The molecule has 0 saturated heterocycles. The van der Waals surface area contributed by atoms with E-state index in [1.807, 2.05) is 6.07 Å². The first-order valence-electron chi connectivity index (χ1n) is 11.1. The van der Waals surface area contributed by atoms with Crippen LogP contribution in [0.15, 0.2) is 88.5 Å². The summed E-state index contributed by atoms with van der Waals surface area (Å²) in [5.41, 5.74) is 1.46. The van der Waals surface area contributed by atoms with Crippen LogP contribution in [0.2, 0.25) is 5.02 Å². The van der Waals surface area contributed by atoms with Gasteiger partial charge < -0.3 is 14.3 Å². The molecule has 0 radical (unpaired) electrons. The van der Waals surface area contributed by atoms with Gasteiger partial charge in [-0.15, -0.1) is 0 Å². The molecule has 1 N–H and O–H groups in total. The number of hydrogen-bond donors (Lipinski definition) is 1. The van der Waals surface area contributed by atoms with Crippen molar-refractivity contribution >= 4 is 45.9 Å². The summed E-state index contributed by atoms with van der Waals surface area (Å²) in [6.07, 6.45) is 0. The molecule has 8 nitrogen and oxygen atoms in total. The highest BCUT2D eigenvalue weighted by molar-refractivity contribution is 6.31. The first-order chi connectivity index (χ1) is 17.8. The molecule has 1 unspecified atom stereocenters. The molecule has 37 heavy (non-hydrogen) atoms. The zero-order valence-corrected chi connectivity index (χ0v) is 20.0. The fourth-order valence-electron chi connectivity index (χ4n) is 4.26. The van der Waals surface area contributed by atoms with Crippen LogP contribution in [0, 0.1) is 11.3 Å². The van der Waals surface area contributed by atoms with Gasteiger partial charge in [0.15, 0.2) is 11.5 Å². The van der Waals surface area contributed by atoms with Gasteiger partial charge in [0.25, 0.3) is 5.91 Å². The topological polar surface area (TPSA) is 121 Å². The maximum absolute atomic E-state index is 13.7. The Morgan fingerprint density at radius 1 is 1.05 bits per heavy atom. The van der Waals surface area contributed by atoms with Crippen molar-refractivity contribution < 1.29 is 28.6 Å². The summed E-state index contributed by atoms with van der Waals surface area (Å²) in [7, 11) is 0. The smallest absolute Gasteiger partial charge is 0.308 e. The quantitative estimate of drug-likeness (QED) is 0.208. The van der Waals surface area contributed by atoms with Crippen molar-refractivity contribution in [3.8, 4) is 11.8 Å². The van der Waals surface area contributed by atoms with E-state index in [2.05, 4.69) is 0 Å². The summed E-state index contributed by atoms with van der Waals surface area (Å²) in [5.74, 6) is -2.48. The summed E-state index contributed by atoms with van der Waals surface area (Å²) in [6, 6.07) is 19.8. The minimum atomic E-state index is -1.03. The Balaban J connectivity index is 1.62. The summed E-state index contributed by atoms with van der Waals surface area (Å²) in [6.45, 7) is 1.27. The van der Waals surface area contributed by atoms with Crippen LogP contribution < -0.4 is 9.64 Å². The van der Waals surface area contributed by atoms with E-state index in [-0.39, 0.29) is 17.1 Å². The lowest BCUT2D eigenvalue weighted by Gasteiger charge is -2.27. The molecular weight excluding hydrogens is 496 g/mol. The number of aliphatic hydroxyl groups excluding tert-OH is 1. The second-order valence-corrected chi connectivity index (χ2v) is 8.72. The number of fused-ring (bicyclic) bond motifs is 1. The average molecular weight is 513 g/mol.